The highest BCUT2D eigenvalue weighted by molar-refractivity contribution is 5.97. The van der Waals surface area contributed by atoms with Crippen LogP contribution in [0.5, 0.6) is 5.75 Å². The summed E-state index contributed by atoms with van der Waals surface area (Å²) in [5, 5.41) is 16.2. The first kappa shape index (κ1) is 27.8. The summed E-state index contributed by atoms with van der Waals surface area (Å²) in [5.74, 6) is -4.89. The number of hydrogen-bond donors (Lipinski definition) is 3. The molecule has 11 nitrogen and oxygen atoms in total. The third kappa shape index (κ3) is 4.63. The number of nitrogens with zero attached hydrogens (tertiary/aromatic N) is 6. The summed E-state index contributed by atoms with van der Waals surface area (Å²) in [4.78, 5) is 37.9. The summed E-state index contributed by atoms with van der Waals surface area (Å²) in [6, 6.07) is 13.9. The number of fused-ring (bicyclic) bond motifs is 2. The summed E-state index contributed by atoms with van der Waals surface area (Å²) < 4.78 is 45.4. The summed E-state index contributed by atoms with van der Waals surface area (Å²) in [6.07, 6.45) is 4.16. The van der Waals surface area contributed by atoms with Gasteiger partial charge in [0, 0.05) is 24.1 Å². The molecular formula is C31H21F3N8O3. The number of carbonyl (C=O) groups is 2. The van der Waals surface area contributed by atoms with Gasteiger partial charge >= 0.3 is 0 Å². The monoisotopic (exact) mass is 610 g/mol. The quantitative estimate of drug-likeness (QED) is 0.231. The van der Waals surface area contributed by atoms with Gasteiger partial charge in [-0.2, -0.15) is 8.78 Å². The number of benzene rings is 2. The van der Waals surface area contributed by atoms with Gasteiger partial charge in [-0.15, -0.1) is 5.10 Å². The number of pyridine rings is 2. The first-order chi connectivity index (χ1) is 21.7. The molecule has 2 aromatic carbocycles. The second-order valence-corrected chi connectivity index (χ2v) is 10.4. The van der Waals surface area contributed by atoms with Gasteiger partial charge in [-0.3, -0.25) is 14.2 Å². The fourth-order valence-corrected chi connectivity index (χ4v) is 5.56. The molecule has 45 heavy (non-hydrogen) atoms. The molecule has 224 valence electrons. The van der Waals surface area contributed by atoms with Crippen molar-refractivity contribution in [3.05, 3.63) is 107 Å². The second-order valence-electron chi connectivity index (χ2n) is 10.4. The molecule has 0 saturated carbocycles. The lowest BCUT2D eigenvalue weighted by Gasteiger charge is -2.16. The number of anilines is 1. The molecular weight excluding hydrogens is 589 g/mol. The average Bonchev–Trinajstić information content (AvgIpc) is 3.76. The second kappa shape index (κ2) is 10.6. The lowest BCUT2D eigenvalue weighted by atomic mass is 10.0. The number of nitrogens with one attached hydrogen (secondary N) is 1. The Labute approximate surface area is 251 Å². The van der Waals surface area contributed by atoms with Crippen molar-refractivity contribution in [2.45, 2.75) is 18.9 Å². The van der Waals surface area contributed by atoms with E-state index in [0.717, 1.165) is 17.2 Å². The zero-order chi connectivity index (χ0) is 31.4. The number of nitrogens with two attached hydrogens (primary N) is 1. The molecule has 4 heterocycles. The Morgan fingerprint density at radius 2 is 1.91 bits per heavy atom. The SMILES string of the molecule is Nc1ncccc1-c1nc2ccc(-n3ccc(F)n3)nc2n1-c1ccc2c(c1)CC[C@@H]2NC(=O)c1cc(C=O)c(O)c(F)c1F. The predicted molar refractivity (Wildman–Crippen MR) is 156 cm³/mol. The number of halogens is 3. The molecule has 0 unspecified atom stereocenters. The molecule has 0 aliphatic heterocycles. The summed E-state index contributed by atoms with van der Waals surface area (Å²) >= 11 is 0. The molecule has 0 bridgehead atoms. The topological polar surface area (TPSA) is 154 Å². The maximum Gasteiger partial charge on any atom is 0.254 e. The highest BCUT2D eigenvalue weighted by atomic mass is 19.2. The minimum atomic E-state index is -1.67. The fraction of sp³-hybridized carbons (Fsp3) is 0.0968. The van der Waals surface area contributed by atoms with Crippen molar-refractivity contribution in [1.29, 1.82) is 0 Å². The minimum Gasteiger partial charge on any atom is -0.504 e. The zero-order valence-electron chi connectivity index (χ0n) is 23.1. The van der Waals surface area contributed by atoms with E-state index >= 15 is 0 Å². The van der Waals surface area contributed by atoms with Gasteiger partial charge in [0.1, 0.15) is 11.3 Å². The van der Waals surface area contributed by atoms with Gasteiger partial charge in [-0.05, 0) is 66.4 Å². The van der Waals surface area contributed by atoms with Crippen LogP contribution in [0.15, 0.2) is 67.0 Å². The molecule has 1 aliphatic carbocycles. The van der Waals surface area contributed by atoms with Gasteiger partial charge in [-0.25, -0.2) is 24.0 Å². The van der Waals surface area contributed by atoms with E-state index in [4.69, 9.17) is 15.7 Å². The summed E-state index contributed by atoms with van der Waals surface area (Å²) in [6.45, 7) is 0. The number of aromatic hydroxyl groups is 1. The van der Waals surface area contributed by atoms with Crippen LogP contribution >= 0.6 is 0 Å². The molecule has 4 N–H and O–H groups in total. The van der Waals surface area contributed by atoms with Gasteiger partial charge in [0.2, 0.25) is 11.8 Å². The van der Waals surface area contributed by atoms with Crippen molar-refractivity contribution < 1.29 is 27.9 Å². The molecule has 0 spiro atoms. The molecule has 1 amide bonds. The lowest BCUT2D eigenvalue weighted by molar-refractivity contribution is 0.0931. The van der Waals surface area contributed by atoms with Crippen molar-refractivity contribution in [3.8, 4) is 28.6 Å². The molecule has 0 fully saturated rings. The van der Waals surface area contributed by atoms with Crippen LogP contribution in [0.25, 0.3) is 34.1 Å². The lowest BCUT2D eigenvalue weighted by Crippen LogP contribution is -2.28. The van der Waals surface area contributed by atoms with Gasteiger partial charge < -0.3 is 16.2 Å². The van der Waals surface area contributed by atoms with Crippen LogP contribution < -0.4 is 11.1 Å². The number of nitrogen functional groups attached to an aromatic ring is 1. The van der Waals surface area contributed by atoms with Gasteiger partial charge in [0.25, 0.3) is 5.91 Å². The highest BCUT2D eigenvalue weighted by Crippen LogP contribution is 2.36. The number of phenols is 1. The van der Waals surface area contributed by atoms with Crippen molar-refractivity contribution in [1.82, 2.24) is 34.6 Å². The van der Waals surface area contributed by atoms with Crippen molar-refractivity contribution in [2.24, 2.45) is 0 Å². The average molecular weight is 611 g/mol. The van der Waals surface area contributed by atoms with Gasteiger partial charge in [0.05, 0.1) is 22.7 Å². The summed E-state index contributed by atoms with van der Waals surface area (Å²) in [7, 11) is 0. The Balaban J connectivity index is 1.29. The van der Waals surface area contributed by atoms with Crippen molar-refractivity contribution in [3.63, 3.8) is 0 Å². The molecule has 7 rings (SSSR count). The van der Waals surface area contributed by atoms with Crippen LogP contribution in [0.1, 0.15) is 44.3 Å². The highest BCUT2D eigenvalue weighted by Gasteiger charge is 2.29. The van der Waals surface area contributed by atoms with E-state index in [0.29, 0.717) is 46.9 Å². The van der Waals surface area contributed by atoms with Crippen molar-refractivity contribution in [2.75, 3.05) is 5.73 Å². The Bertz CT molecular complexity index is 2180. The number of aldehydes is 1. The normalized spacial score (nSPS) is 14.1. The third-order valence-electron chi connectivity index (χ3n) is 7.71. The first-order valence-corrected chi connectivity index (χ1v) is 13.7. The van der Waals surface area contributed by atoms with E-state index < -0.39 is 46.4 Å². The number of hydrogen-bond acceptors (Lipinski definition) is 8. The number of imidazole rings is 1. The maximum absolute atomic E-state index is 14.5. The molecule has 1 atom stereocenters. The molecule has 0 saturated heterocycles. The molecule has 6 aromatic rings. The van der Waals surface area contributed by atoms with E-state index in [2.05, 4.69) is 15.4 Å². The third-order valence-corrected chi connectivity index (χ3v) is 7.71. The Hall–Kier alpha value is -6.05. The molecule has 1 aliphatic rings. The number of aryl methyl sites for hydroxylation is 1. The largest absolute Gasteiger partial charge is 0.504 e. The van der Waals surface area contributed by atoms with Crippen LogP contribution in [-0.4, -0.2) is 46.6 Å². The minimum absolute atomic E-state index is 0.138. The number of aromatic nitrogens is 6. The standard InChI is InChI=1S/C31H21F3N8O3/c32-23-9-11-41(40-23)24-8-7-22-30(39-24)42(29(37-22)19-2-1-10-36-28(19)35)17-4-5-18-15(12-17)3-6-21(18)38-31(45)20-13-16(14-43)27(44)26(34)25(20)33/h1-2,4-5,7-14,21,44H,3,6H2,(H2,35,36)(H,38,45)/t21-/m0/s1. The number of carbonyl (C=O) groups excluding carboxylic acids is 2. The Morgan fingerprint density at radius 3 is 2.67 bits per heavy atom. The number of amides is 1. The maximum atomic E-state index is 14.5. The van der Waals surface area contributed by atoms with Crippen LogP contribution in [0.3, 0.4) is 0 Å². The van der Waals surface area contributed by atoms with E-state index in [9.17, 15) is 27.9 Å². The summed E-state index contributed by atoms with van der Waals surface area (Å²) in [5.41, 5.74) is 8.84. The molecule has 0 radical (unpaired) electrons. The fourth-order valence-electron chi connectivity index (χ4n) is 5.56. The van der Waals surface area contributed by atoms with E-state index in [1.54, 1.807) is 41.1 Å². The van der Waals surface area contributed by atoms with Crippen LogP contribution in [0, 0.1) is 17.6 Å². The predicted octanol–water partition coefficient (Wildman–Crippen LogP) is 4.60. The van der Waals surface area contributed by atoms with E-state index in [-0.39, 0.29) is 12.1 Å². The van der Waals surface area contributed by atoms with E-state index in [1.165, 1.54) is 16.9 Å². The Kier molecular flexibility index (Phi) is 6.53. The Morgan fingerprint density at radius 1 is 1.07 bits per heavy atom. The first-order valence-electron chi connectivity index (χ1n) is 13.7. The number of rotatable bonds is 6. The van der Waals surface area contributed by atoms with Gasteiger partial charge in [0.15, 0.2) is 35.1 Å². The van der Waals surface area contributed by atoms with Gasteiger partial charge in [-0.1, -0.05) is 6.07 Å². The molecule has 14 heteroatoms. The number of phenolic OH excluding ortho intramolecular Hbond substituents is 1. The smallest absolute Gasteiger partial charge is 0.254 e. The van der Waals surface area contributed by atoms with Crippen molar-refractivity contribution >= 4 is 29.2 Å². The zero-order valence-corrected chi connectivity index (χ0v) is 23.1. The van der Waals surface area contributed by atoms with Crippen LogP contribution in [-0.2, 0) is 6.42 Å². The van der Waals surface area contributed by atoms with Crippen LogP contribution in [0.2, 0.25) is 0 Å². The van der Waals surface area contributed by atoms with Crippen LogP contribution in [0.4, 0.5) is 19.0 Å². The molecule has 4 aromatic heterocycles. The van der Waals surface area contributed by atoms with E-state index in [1.807, 2.05) is 12.1 Å².